The Balaban J connectivity index is 3.26. The molecule has 23 heavy (non-hydrogen) atoms. The smallest absolute Gasteiger partial charge is 0.376 e. The maximum absolute atomic E-state index is 14.1. The minimum Gasteiger partial charge on any atom is -0.497 e. The molecule has 128 valence electrons. The average Bonchev–Trinajstić information content (AvgIpc) is 2.47. The molecule has 1 amide bonds. The quantitative estimate of drug-likeness (QED) is 0.671. The van der Waals surface area contributed by atoms with E-state index >= 15 is 0 Å². The number of hydrogen-bond donors (Lipinski definition) is 3. The van der Waals surface area contributed by atoms with Crippen LogP contribution >= 0.6 is 0 Å². The van der Waals surface area contributed by atoms with Gasteiger partial charge in [-0.15, -0.1) is 0 Å². The van der Waals surface area contributed by atoms with E-state index in [9.17, 15) is 18.4 Å². The van der Waals surface area contributed by atoms with Crippen molar-refractivity contribution in [1.82, 2.24) is 5.32 Å². The number of nitrogens with two attached hydrogens (primary N) is 1. The van der Waals surface area contributed by atoms with Crippen molar-refractivity contribution < 1.29 is 28.2 Å². The van der Waals surface area contributed by atoms with Crippen LogP contribution in [-0.4, -0.2) is 36.1 Å². The molecule has 0 aliphatic heterocycles. The van der Waals surface area contributed by atoms with Gasteiger partial charge in [0, 0.05) is 0 Å². The highest BCUT2D eigenvalue weighted by molar-refractivity contribution is 5.81. The highest BCUT2D eigenvalue weighted by Crippen LogP contribution is 2.33. The fourth-order valence-corrected chi connectivity index (χ4v) is 2.11. The number of carboxylic acids is 1. The van der Waals surface area contributed by atoms with Crippen LogP contribution in [0.25, 0.3) is 0 Å². The Morgan fingerprint density at radius 2 is 1.78 bits per heavy atom. The zero-order chi connectivity index (χ0) is 17.8. The third kappa shape index (κ3) is 4.38. The summed E-state index contributed by atoms with van der Waals surface area (Å²) in [5.74, 6) is -7.21. The number of ether oxygens (including phenoxy) is 1. The summed E-state index contributed by atoms with van der Waals surface area (Å²) < 4.78 is 33.2. The van der Waals surface area contributed by atoms with Crippen molar-refractivity contribution >= 4 is 11.9 Å². The summed E-state index contributed by atoms with van der Waals surface area (Å²) in [6, 6.07) is 2.46. The lowest BCUT2D eigenvalue weighted by Crippen LogP contribution is -2.52. The van der Waals surface area contributed by atoms with E-state index in [-0.39, 0.29) is 5.56 Å². The van der Waals surface area contributed by atoms with Crippen molar-refractivity contribution in [3.8, 4) is 5.75 Å². The normalized spacial score (nSPS) is 14.3. The van der Waals surface area contributed by atoms with Crippen LogP contribution < -0.4 is 15.8 Å². The molecule has 0 saturated carbocycles. The first-order chi connectivity index (χ1) is 10.6. The summed E-state index contributed by atoms with van der Waals surface area (Å²) in [6.45, 7) is 3.23. The summed E-state index contributed by atoms with van der Waals surface area (Å²) in [5, 5.41) is 11.2. The second kappa shape index (κ2) is 7.36. The Labute approximate surface area is 132 Å². The van der Waals surface area contributed by atoms with E-state index < -0.39 is 35.8 Å². The Morgan fingerprint density at radius 1 is 1.26 bits per heavy atom. The third-order valence-electron chi connectivity index (χ3n) is 3.42. The molecule has 0 heterocycles. The van der Waals surface area contributed by atoms with Crippen LogP contribution in [0.15, 0.2) is 24.3 Å². The first-order valence-corrected chi connectivity index (χ1v) is 6.91. The lowest BCUT2D eigenvalue weighted by Gasteiger charge is -2.30. The number of carbonyl (C=O) groups is 2. The second-order valence-electron chi connectivity index (χ2n) is 5.43. The summed E-state index contributed by atoms with van der Waals surface area (Å²) in [5.41, 5.74) is 5.22. The van der Waals surface area contributed by atoms with Crippen LogP contribution in [0.2, 0.25) is 0 Å². The topological polar surface area (TPSA) is 102 Å². The Hall–Kier alpha value is -2.22. The molecule has 8 heteroatoms. The van der Waals surface area contributed by atoms with Crippen LogP contribution in [0.4, 0.5) is 8.78 Å². The summed E-state index contributed by atoms with van der Waals surface area (Å²) >= 11 is 0. The molecule has 0 saturated heterocycles. The Morgan fingerprint density at radius 3 is 2.13 bits per heavy atom. The molecule has 0 aromatic heterocycles. The van der Waals surface area contributed by atoms with Crippen LogP contribution in [0.5, 0.6) is 5.75 Å². The molecule has 2 atom stereocenters. The van der Waals surface area contributed by atoms with Gasteiger partial charge in [0.1, 0.15) is 11.8 Å². The minimum absolute atomic E-state index is 0.00472. The first kappa shape index (κ1) is 18.8. The molecule has 1 aromatic carbocycles. The maximum atomic E-state index is 14.1. The SMILES string of the molecule is COc1ccc([C@@H](N[C@H](C(N)=O)C(C)C)C(F)(F)C(=O)O)cc1. The van der Waals surface area contributed by atoms with Crippen molar-refractivity contribution in [2.45, 2.75) is 31.9 Å². The molecule has 0 aliphatic rings. The van der Waals surface area contributed by atoms with Gasteiger partial charge < -0.3 is 15.6 Å². The number of halogens is 2. The second-order valence-corrected chi connectivity index (χ2v) is 5.43. The van der Waals surface area contributed by atoms with Gasteiger partial charge in [-0.3, -0.25) is 10.1 Å². The Bertz CT molecular complexity index is 561. The van der Waals surface area contributed by atoms with Crippen LogP contribution in [0, 0.1) is 5.92 Å². The third-order valence-corrected chi connectivity index (χ3v) is 3.42. The highest BCUT2D eigenvalue weighted by Gasteiger charge is 2.49. The van der Waals surface area contributed by atoms with E-state index in [2.05, 4.69) is 5.32 Å². The van der Waals surface area contributed by atoms with E-state index in [1.165, 1.54) is 31.4 Å². The van der Waals surface area contributed by atoms with Gasteiger partial charge >= 0.3 is 11.9 Å². The lowest BCUT2D eigenvalue weighted by molar-refractivity contribution is -0.170. The maximum Gasteiger partial charge on any atom is 0.376 e. The zero-order valence-corrected chi connectivity index (χ0v) is 13.0. The molecule has 0 unspecified atom stereocenters. The number of alkyl halides is 2. The van der Waals surface area contributed by atoms with E-state index in [4.69, 9.17) is 15.6 Å². The largest absolute Gasteiger partial charge is 0.497 e. The molecule has 0 bridgehead atoms. The van der Waals surface area contributed by atoms with Crippen molar-refractivity contribution in [2.24, 2.45) is 11.7 Å². The summed E-state index contributed by atoms with van der Waals surface area (Å²) in [6.07, 6.45) is 0. The number of aliphatic carboxylic acids is 1. The molecule has 1 rings (SSSR count). The predicted molar refractivity (Wildman–Crippen MR) is 79.3 cm³/mol. The number of carbonyl (C=O) groups excluding carboxylic acids is 1. The fraction of sp³-hybridized carbons (Fsp3) is 0.467. The monoisotopic (exact) mass is 330 g/mol. The summed E-state index contributed by atoms with van der Waals surface area (Å²) in [4.78, 5) is 22.4. The minimum atomic E-state index is -4.13. The molecule has 0 aliphatic carbocycles. The zero-order valence-electron chi connectivity index (χ0n) is 13.0. The van der Waals surface area contributed by atoms with Crippen LogP contribution in [-0.2, 0) is 9.59 Å². The molecular formula is C15H20F2N2O4. The van der Waals surface area contributed by atoms with Crippen molar-refractivity contribution in [3.63, 3.8) is 0 Å². The van der Waals surface area contributed by atoms with Gasteiger partial charge in [-0.2, -0.15) is 8.78 Å². The highest BCUT2D eigenvalue weighted by atomic mass is 19.3. The molecule has 0 fully saturated rings. The van der Waals surface area contributed by atoms with Crippen LogP contribution in [0.3, 0.4) is 0 Å². The molecule has 4 N–H and O–H groups in total. The number of methoxy groups -OCH3 is 1. The number of nitrogens with one attached hydrogen (secondary N) is 1. The van der Waals surface area contributed by atoms with Crippen molar-refractivity contribution in [1.29, 1.82) is 0 Å². The number of amides is 1. The first-order valence-electron chi connectivity index (χ1n) is 6.91. The number of carboxylic acid groups (broad SMARTS) is 1. The summed E-state index contributed by atoms with van der Waals surface area (Å²) in [7, 11) is 1.42. The van der Waals surface area contributed by atoms with E-state index in [1.54, 1.807) is 13.8 Å². The molecular weight excluding hydrogens is 310 g/mol. The van der Waals surface area contributed by atoms with Gasteiger partial charge in [0.05, 0.1) is 13.2 Å². The van der Waals surface area contributed by atoms with E-state index in [0.717, 1.165) is 0 Å². The molecule has 6 nitrogen and oxygen atoms in total. The fourth-order valence-electron chi connectivity index (χ4n) is 2.11. The number of rotatable bonds is 8. The predicted octanol–water partition coefficient (Wildman–Crippen LogP) is 1.56. The van der Waals surface area contributed by atoms with Crippen molar-refractivity contribution in [3.05, 3.63) is 29.8 Å². The molecule has 0 spiro atoms. The lowest BCUT2D eigenvalue weighted by atomic mass is 9.96. The van der Waals surface area contributed by atoms with Gasteiger partial charge in [0.2, 0.25) is 5.91 Å². The van der Waals surface area contributed by atoms with E-state index in [1.807, 2.05) is 0 Å². The molecule has 0 radical (unpaired) electrons. The van der Waals surface area contributed by atoms with Crippen molar-refractivity contribution in [2.75, 3.05) is 7.11 Å². The molecule has 1 aromatic rings. The van der Waals surface area contributed by atoms with Gasteiger partial charge in [-0.1, -0.05) is 26.0 Å². The average molecular weight is 330 g/mol. The van der Waals surface area contributed by atoms with Gasteiger partial charge in [-0.25, -0.2) is 4.79 Å². The van der Waals surface area contributed by atoms with Gasteiger partial charge in [0.25, 0.3) is 0 Å². The number of primary amides is 1. The number of hydrogen-bond acceptors (Lipinski definition) is 4. The standard InChI is InChI=1S/C15H20F2N2O4/c1-8(2)11(13(18)20)19-12(15(16,17)14(21)22)9-4-6-10(23-3)7-5-9/h4-8,11-12,19H,1-3H3,(H2,18,20)(H,21,22)/t11-,12+/m0/s1. The van der Waals surface area contributed by atoms with Gasteiger partial charge in [0.15, 0.2) is 0 Å². The number of benzene rings is 1. The van der Waals surface area contributed by atoms with Crippen LogP contribution in [0.1, 0.15) is 25.5 Å². The van der Waals surface area contributed by atoms with Gasteiger partial charge in [-0.05, 0) is 23.6 Å². The Kier molecular flexibility index (Phi) is 6.03. The van der Waals surface area contributed by atoms with E-state index in [0.29, 0.717) is 5.75 Å².